The number of carbonyl (C=O) groups is 1. The fourth-order valence-corrected chi connectivity index (χ4v) is 4.34. The molecule has 0 aromatic carbocycles. The summed E-state index contributed by atoms with van der Waals surface area (Å²) >= 11 is 1.54. The number of thiophene rings is 1. The SMILES string of the molecule is O=C(NC[C@@]12COC[C@@H]1CN(Cc1ccoc1)C2)c1ccsc1. The number of fused-ring (bicyclic) bond motifs is 1. The monoisotopic (exact) mass is 332 g/mol. The van der Waals surface area contributed by atoms with Gasteiger partial charge in [0.15, 0.2) is 0 Å². The van der Waals surface area contributed by atoms with Crippen molar-refractivity contribution in [3.63, 3.8) is 0 Å². The maximum Gasteiger partial charge on any atom is 0.252 e. The van der Waals surface area contributed by atoms with Gasteiger partial charge in [-0.3, -0.25) is 9.69 Å². The molecule has 4 rings (SSSR count). The zero-order valence-electron chi connectivity index (χ0n) is 12.9. The molecule has 2 saturated heterocycles. The van der Waals surface area contributed by atoms with E-state index < -0.39 is 0 Å². The minimum atomic E-state index is 0.0135. The van der Waals surface area contributed by atoms with Crippen LogP contribution in [0, 0.1) is 11.3 Å². The first kappa shape index (κ1) is 14.9. The van der Waals surface area contributed by atoms with E-state index in [0.717, 1.165) is 38.4 Å². The van der Waals surface area contributed by atoms with Crippen LogP contribution in [-0.4, -0.2) is 43.7 Å². The van der Waals surface area contributed by atoms with Gasteiger partial charge in [0.2, 0.25) is 0 Å². The molecule has 5 nitrogen and oxygen atoms in total. The first-order valence-electron chi connectivity index (χ1n) is 7.87. The Balaban J connectivity index is 1.40. The smallest absolute Gasteiger partial charge is 0.252 e. The molecule has 122 valence electrons. The summed E-state index contributed by atoms with van der Waals surface area (Å²) in [5.74, 6) is 0.497. The lowest BCUT2D eigenvalue weighted by atomic mass is 9.81. The normalized spacial score (nSPS) is 27.2. The van der Waals surface area contributed by atoms with Gasteiger partial charge in [-0.25, -0.2) is 0 Å². The molecule has 1 N–H and O–H groups in total. The van der Waals surface area contributed by atoms with Gasteiger partial charge in [0, 0.05) is 54.0 Å². The summed E-state index contributed by atoms with van der Waals surface area (Å²) in [5.41, 5.74) is 1.98. The number of likely N-dealkylation sites (tertiary alicyclic amines) is 1. The number of hydrogen-bond acceptors (Lipinski definition) is 5. The van der Waals surface area contributed by atoms with Crippen molar-refractivity contribution in [2.45, 2.75) is 6.54 Å². The summed E-state index contributed by atoms with van der Waals surface area (Å²) in [7, 11) is 0. The Morgan fingerprint density at radius 1 is 1.48 bits per heavy atom. The zero-order valence-corrected chi connectivity index (χ0v) is 13.7. The molecule has 0 bridgehead atoms. The van der Waals surface area contributed by atoms with E-state index in [1.54, 1.807) is 23.9 Å². The fraction of sp³-hybridized carbons (Fsp3) is 0.471. The Hall–Kier alpha value is -1.63. The lowest BCUT2D eigenvalue weighted by Crippen LogP contribution is -2.43. The maximum atomic E-state index is 12.2. The topological polar surface area (TPSA) is 54.7 Å². The lowest BCUT2D eigenvalue weighted by molar-refractivity contribution is 0.0904. The van der Waals surface area contributed by atoms with Crippen molar-refractivity contribution in [2.75, 3.05) is 32.8 Å². The van der Waals surface area contributed by atoms with Crippen LogP contribution in [0.1, 0.15) is 15.9 Å². The summed E-state index contributed by atoms with van der Waals surface area (Å²) in [6.07, 6.45) is 3.52. The van der Waals surface area contributed by atoms with Crippen LogP contribution in [0.2, 0.25) is 0 Å². The van der Waals surface area contributed by atoms with Crippen molar-refractivity contribution in [3.8, 4) is 0 Å². The summed E-state index contributed by atoms with van der Waals surface area (Å²) in [6.45, 7) is 5.05. The second-order valence-corrected chi connectivity index (χ2v) is 7.35. The highest BCUT2D eigenvalue weighted by atomic mass is 32.1. The van der Waals surface area contributed by atoms with Crippen molar-refractivity contribution >= 4 is 17.2 Å². The van der Waals surface area contributed by atoms with Gasteiger partial charge < -0.3 is 14.5 Å². The molecule has 23 heavy (non-hydrogen) atoms. The van der Waals surface area contributed by atoms with Crippen molar-refractivity contribution in [1.29, 1.82) is 0 Å². The van der Waals surface area contributed by atoms with Crippen LogP contribution >= 0.6 is 11.3 Å². The molecule has 2 aromatic rings. The number of nitrogens with zero attached hydrogens (tertiary/aromatic N) is 1. The van der Waals surface area contributed by atoms with Crippen LogP contribution in [0.3, 0.4) is 0 Å². The molecule has 0 unspecified atom stereocenters. The van der Waals surface area contributed by atoms with E-state index in [2.05, 4.69) is 10.2 Å². The van der Waals surface area contributed by atoms with E-state index in [9.17, 15) is 4.79 Å². The highest BCUT2D eigenvalue weighted by molar-refractivity contribution is 7.08. The number of amides is 1. The van der Waals surface area contributed by atoms with E-state index in [1.807, 2.05) is 22.9 Å². The predicted octanol–water partition coefficient (Wildman–Crippen LogP) is 2.22. The Morgan fingerprint density at radius 2 is 2.43 bits per heavy atom. The average molecular weight is 332 g/mol. The number of rotatable bonds is 5. The Labute approximate surface area is 139 Å². The van der Waals surface area contributed by atoms with Crippen molar-refractivity contribution < 1.29 is 13.9 Å². The fourth-order valence-electron chi connectivity index (χ4n) is 3.71. The molecule has 4 heterocycles. The third kappa shape index (κ3) is 2.94. The van der Waals surface area contributed by atoms with Crippen LogP contribution in [-0.2, 0) is 11.3 Å². The minimum absolute atomic E-state index is 0.0135. The summed E-state index contributed by atoms with van der Waals surface area (Å²) in [5, 5.41) is 6.92. The molecular weight excluding hydrogens is 312 g/mol. The number of nitrogens with one attached hydrogen (secondary N) is 1. The van der Waals surface area contributed by atoms with E-state index in [-0.39, 0.29) is 11.3 Å². The lowest BCUT2D eigenvalue weighted by Gasteiger charge is -2.27. The Morgan fingerprint density at radius 3 is 3.22 bits per heavy atom. The van der Waals surface area contributed by atoms with Gasteiger partial charge in [-0.15, -0.1) is 0 Å². The largest absolute Gasteiger partial charge is 0.472 e. The second kappa shape index (κ2) is 6.11. The predicted molar refractivity (Wildman–Crippen MR) is 87.4 cm³/mol. The molecule has 2 aliphatic rings. The number of carbonyl (C=O) groups excluding carboxylic acids is 1. The Bertz CT molecular complexity index is 655. The standard InChI is InChI=1S/C17H20N2O3S/c20-16(14-2-4-23-9-14)18-10-17-11-19(5-13-1-3-21-7-13)6-15(17)8-22-12-17/h1-4,7,9,15H,5-6,8,10-12H2,(H,18,20)/t15-,17+/m0/s1. The Kier molecular flexibility index (Phi) is 3.97. The van der Waals surface area contributed by atoms with E-state index in [4.69, 9.17) is 9.15 Å². The van der Waals surface area contributed by atoms with Crippen molar-refractivity contribution in [1.82, 2.24) is 10.2 Å². The highest BCUT2D eigenvalue weighted by Gasteiger charge is 2.50. The minimum Gasteiger partial charge on any atom is -0.472 e. The highest BCUT2D eigenvalue weighted by Crippen LogP contribution is 2.41. The van der Waals surface area contributed by atoms with Crippen molar-refractivity contribution in [2.24, 2.45) is 11.3 Å². The molecular formula is C17H20N2O3S. The first-order valence-corrected chi connectivity index (χ1v) is 8.81. The molecule has 0 spiro atoms. The van der Waals surface area contributed by atoms with Gasteiger partial charge >= 0.3 is 0 Å². The summed E-state index contributed by atoms with van der Waals surface area (Å²) in [4.78, 5) is 14.7. The molecule has 6 heteroatoms. The number of ether oxygens (including phenoxy) is 1. The maximum absolute atomic E-state index is 12.2. The quantitative estimate of drug-likeness (QED) is 0.912. The van der Waals surface area contributed by atoms with Gasteiger partial charge in [-0.05, 0) is 17.5 Å². The van der Waals surface area contributed by atoms with E-state index in [1.165, 1.54) is 5.56 Å². The van der Waals surface area contributed by atoms with Crippen molar-refractivity contribution in [3.05, 3.63) is 46.5 Å². The number of hydrogen-bond donors (Lipinski definition) is 1. The second-order valence-electron chi connectivity index (χ2n) is 6.57. The first-order chi connectivity index (χ1) is 11.3. The van der Waals surface area contributed by atoms with Crippen LogP contribution in [0.25, 0.3) is 0 Å². The van der Waals surface area contributed by atoms with Crippen LogP contribution in [0.4, 0.5) is 0 Å². The van der Waals surface area contributed by atoms with E-state index in [0.29, 0.717) is 12.5 Å². The molecule has 2 aromatic heterocycles. The number of furan rings is 1. The third-order valence-corrected chi connectivity index (χ3v) is 5.65. The van der Waals surface area contributed by atoms with Gasteiger partial charge in [0.1, 0.15) is 0 Å². The van der Waals surface area contributed by atoms with E-state index >= 15 is 0 Å². The summed E-state index contributed by atoms with van der Waals surface area (Å²) in [6, 6.07) is 3.87. The molecule has 0 saturated carbocycles. The zero-order chi connectivity index (χ0) is 15.7. The molecule has 1 amide bonds. The molecule has 2 atom stereocenters. The molecule has 0 radical (unpaired) electrons. The van der Waals surface area contributed by atoms with Gasteiger partial charge in [0.05, 0.1) is 25.7 Å². The average Bonchev–Trinajstić information content (AvgIpc) is 3.29. The van der Waals surface area contributed by atoms with Crippen LogP contribution in [0.15, 0.2) is 39.8 Å². The van der Waals surface area contributed by atoms with Gasteiger partial charge in [-0.2, -0.15) is 11.3 Å². The van der Waals surface area contributed by atoms with Crippen LogP contribution in [0.5, 0.6) is 0 Å². The van der Waals surface area contributed by atoms with Gasteiger partial charge in [0.25, 0.3) is 5.91 Å². The molecule has 0 aliphatic carbocycles. The summed E-state index contributed by atoms with van der Waals surface area (Å²) < 4.78 is 10.9. The van der Waals surface area contributed by atoms with Crippen LogP contribution < -0.4 is 5.32 Å². The molecule has 2 aliphatic heterocycles. The molecule has 2 fully saturated rings. The third-order valence-electron chi connectivity index (χ3n) is 4.96. The van der Waals surface area contributed by atoms with Gasteiger partial charge in [-0.1, -0.05) is 0 Å².